The third-order valence-electron chi connectivity index (χ3n) is 2.71. The van der Waals surface area contributed by atoms with E-state index in [0.29, 0.717) is 5.02 Å². The van der Waals surface area contributed by atoms with Crippen LogP contribution in [0.25, 0.3) is 0 Å². The van der Waals surface area contributed by atoms with Crippen LogP contribution in [0.4, 0.5) is 11.4 Å². The molecule has 0 saturated carbocycles. The van der Waals surface area contributed by atoms with Crippen LogP contribution in [0.1, 0.15) is 6.92 Å². The summed E-state index contributed by atoms with van der Waals surface area (Å²) in [5.74, 6) is 0.672. The Morgan fingerprint density at radius 2 is 1.79 bits per heavy atom. The molecule has 0 spiro atoms. The van der Waals surface area contributed by atoms with Crippen molar-refractivity contribution in [3.63, 3.8) is 0 Å². The van der Waals surface area contributed by atoms with E-state index in [1.807, 2.05) is 36.4 Å². The number of nitrogens with zero attached hydrogens (tertiary/aromatic N) is 1. The molecule has 0 N–H and O–H groups in total. The summed E-state index contributed by atoms with van der Waals surface area (Å²) < 4.78 is 5.11. The third-order valence-corrected chi connectivity index (χ3v) is 2.95. The van der Waals surface area contributed by atoms with Crippen LogP contribution in [0.3, 0.4) is 0 Å². The largest absolute Gasteiger partial charge is 0.497 e. The normalized spacial score (nSPS) is 10.1. The van der Waals surface area contributed by atoms with Crippen molar-refractivity contribution in [2.75, 3.05) is 12.0 Å². The van der Waals surface area contributed by atoms with E-state index in [9.17, 15) is 4.79 Å². The second-order valence-corrected chi connectivity index (χ2v) is 4.47. The minimum absolute atomic E-state index is 0.0765. The molecule has 0 bridgehead atoms. The zero-order chi connectivity index (χ0) is 13.8. The first-order valence-electron chi connectivity index (χ1n) is 5.82. The standard InChI is InChI=1S/C15H14ClNO2/c1-11(18)17(14-5-3-4-12(16)10-14)13-6-8-15(19-2)9-7-13/h3-10H,1-2H3. The number of benzene rings is 2. The lowest BCUT2D eigenvalue weighted by Gasteiger charge is -2.21. The predicted molar refractivity (Wildman–Crippen MR) is 77.3 cm³/mol. The maximum atomic E-state index is 11.9. The van der Waals surface area contributed by atoms with Gasteiger partial charge in [-0.15, -0.1) is 0 Å². The summed E-state index contributed by atoms with van der Waals surface area (Å²) in [4.78, 5) is 13.5. The summed E-state index contributed by atoms with van der Waals surface area (Å²) in [5, 5.41) is 0.595. The molecule has 0 aliphatic rings. The van der Waals surface area contributed by atoms with Crippen LogP contribution in [-0.4, -0.2) is 13.0 Å². The second kappa shape index (κ2) is 5.76. The SMILES string of the molecule is COc1ccc(N(C(C)=O)c2cccc(Cl)c2)cc1. The van der Waals surface area contributed by atoms with E-state index >= 15 is 0 Å². The molecule has 0 radical (unpaired) electrons. The fraction of sp³-hybridized carbons (Fsp3) is 0.133. The van der Waals surface area contributed by atoms with E-state index in [4.69, 9.17) is 16.3 Å². The smallest absolute Gasteiger partial charge is 0.228 e. The molecule has 2 aromatic carbocycles. The Morgan fingerprint density at radius 1 is 1.11 bits per heavy atom. The highest BCUT2D eigenvalue weighted by atomic mass is 35.5. The van der Waals surface area contributed by atoms with Crippen molar-refractivity contribution in [3.05, 3.63) is 53.6 Å². The zero-order valence-electron chi connectivity index (χ0n) is 10.8. The number of amides is 1. The van der Waals surface area contributed by atoms with Crippen LogP contribution >= 0.6 is 11.6 Å². The monoisotopic (exact) mass is 275 g/mol. The molecule has 2 aromatic rings. The Morgan fingerprint density at radius 3 is 2.32 bits per heavy atom. The number of carbonyl (C=O) groups excluding carboxylic acids is 1. The molecular weight excluding hydrogens is 262 g/mol. The number of ether oxygens (including phenoxy) is 1. The molecule has 2 rings (SSSR count). The topological polar surface area (TPSA) is 29.5 Å². The van der Waals surface area contributed by atoms with Crippen LogP contribution in [0.5, 0.6) is 5.75 Å². The molecule has 0 aromatic heterocycles. The van der Waals surface area contributed by atoms with Gasteiger partial charge in [-0.05, 0) is 42.5 Å². The quantitative estimate of drug-likeness (QED) is 0.846. The van der Waals surface area contributed by atoms with Crippen LogP contribution < -0.4 is 9.64 Å². The highest BCUT2D eigenvalue weighted by Crippen LogP contribution is 2.29. The van der Waals surface area contributed by atoms with Crippen molar-refractivity contribution in [1.82, 2.24) is 0 Å². The van der Waals surface area contributed by atoms with Gasteiger partial charge >= 0.3 is 0 Å². The van der Waals surface area contributed by atoms with Crippen molar-refractivity contribution in [2.24, 2.45) is 0 Å². The van der Waals surface area contributed by atoms with Crippen LogP contribution in [0.2, 0.25) is 5.02 Å². The van der Waals surface area contributed by atoms with Crippen molar-refractivity contribution in [2.45, 2.75) is 6.92 Å². The highest BCUT2D eigenvalue weighted by molar-refractivity contribution is 6.31. The van der Waals surface area contributed by atoms with Crippen molar-refractivity contribution < 1.29 is 9.53 Å². The van der Waals surface area contributed by atoms with E-state index in [1.165, 1.54) is 6.92 Å². The predicted octanol–water partition coefficient (Wildman–Crippen LogP) is 4.03. The number of hydrogen-bond donors (Lipinski definition) is 0. The van der Waals surface area contributed by atoms with Gasteiger partial charge in [0.1, 0.15) is 5.75 Å². The van der Waals surface area contributed by atoms with Gasteiger partial charge in [-0.25, -0.2) is 0 Å². The van der Waals surface area contributed by atoms with Gasteiger partial charge in [0.05, 0.1) is 12.8 Å². The van der Waals surface area contributed by atoms with Gasteiger partial charge in [0.25, 0.3) is 0 Å². The summed E-state index contributed by atoms with van der Waals surface area (Å²) in [5.41, 5.74) is 1.51. The molecule has 98 valence electrons. The molecule has 3 nitrogen and oxygen atoms in total. The zero-order valence-corrected chi connectivity index (χ0v) is 11.5. The minimum Gasteiger partial charge on any atom is -0.497 e. The third kappa shape index (κ3) is 3.06. The maximum absolute atomic E-state index is 11.9. The summed E-state index contributed by atoms with van der Waals surface area (Å²) in [6, 6.07) is 14.5. The second-order valence-electron chi connectivity index (χ2n) is 4.03. The lowest BCUT2D eigenvalue weighted by atomic mass is 10.2. The Hall–Kier alpha value is -2.00. The number of anilines is 2. The molecule has 0 heterocycles. The summed E-state index contributed by atoms with van der Waals surface area (Å²) in [7, 11) is 1.61. The Labute approximate surface area is 117 Å². The fourth-order valence-corrected chi connectivity index (χ4v) is 2.04. The maximum Gasteiger partial charge on any atom is 0.228 e. The molecule has 0 aliphatic carbocycles. The number of hydrogen-bond acceptors (Lipinski definition) is 2. The Balaban J connectivity index is 2.42. The number of methoxy groups -OCH3 is 1. The highest BCUT2D eigenvalue weighted by Gasteiger charge is 2.14. The molecule has 0 aliphatic heterocycles. The van der Waals surface area contributed by atoms with Gasteiger partial charge in [-0.3, -0.25) is 9.69 Å². The number of halogens is 1. The molecule has 0 unspecified atom stereocenters. The van der Waals surface area contributed by atoms with E-state index in [2.05, 4.69) is 0 Å². The average molecular weight is 276 g/mol. The molecule has 19 heavy (non-hydrogen) atoms. The van der Waals surface area contributed by atoms with Gasteiger partial charge in [-0.1, -0.05) is 17.7 Å². The fourth-order valence-electron chi connectivity index (χ4n) is 1.86. The van der Waals surface area contributed by atoms with Crippen molar-refractivity contribution >= 4 is 28.9 Å². The van der Waals surface area contributed by atoms with Crippen LogP contribution in [0.15, 0.2) is 48.5 Å². The minimum atomic E-state index is -0.0765. The van der Waals surface area contributed by atoms with Gasteiger partial charge in [0, 0.05) is 17.6 Å². The molecule has 0 saturated heterocycles. The van der Waals surface area contributed by atoms with Gasteiger partial charge in [0.15, 0.2) is 0 Å². The van der Waals surface area contributed by atoms with Gasteiger partial charge < -0.3 is 4.74 Å². The number of rotatable bonds is 3. The average Bonchev–Trinajstić information content (AvgIpc) is 2.39. The first-order valence-corrected chi connectivity index (χ1v) is 6.20. The van der Waals surface area contributed by atoms with Crippen molar-refractivity contribution in [1.29, 1.82) is 0 Å². The first-order chi connectivity index (χ1) is 9.11. The van der Waals surface area contributed by atoms with Crippen LogP contribution in [0, 0.1) is 0 Å². The van der Waals surface area contributed by atoms with E-state index in [0.717, 1.165) is 17.1 Å². The Kier molecular flexibility index (Phi) is 4.07. The first kappa shape index (κ1) is 13.4. The molecule has 1 amide bonds. The summed E-state index contributed by atoms with van der Waals surface area (Å²) >= 11 is 5.97. The summed E-state index contributed by atoms with van der Waals surface area (Å²) in [6.07, 6.45) is 0. The summed E-state index contributed by atoms with van der Waals surface area (Å²) in [6.45, 7) is 1.52. The molecule has 4 heteroatoms. The lowest BCUT2D eigenvalue weighted by molar-refractivity contribution is -0.115. The van der Waals surface area contributed by atoms with Gasteiger partial charge in [-0.2, -0.15) is 0 Å². The molecule has 0 fully saturated rings. The van der Waals surface area contributed by atoms with E-state index in [1.54, 1.807) is 24.1 Å². The van der Waals surface area contributed by atoms with E-state index < -0.39 is 0 Å². The molecule has 0 atom stereocenters. The van der Waals surface area contributed by atoms with Crippen molar-refractivity contribution in [3.8, 4) is 5.75 Å². The number of carbonyl (C=O) groups is 1. The van der Waals surface area contributed by atoms with Gasteiger partial charge in [0.2, 0.25) is 5.91 Å². The van der Waals surface area contributed by atoms with E-state index in [-0.39, 0.29) is 5.91 Å². The lowest BCUT2D eigenvalue weighted by Crippen LogP contribution is -2.22. The van der Waals surface area contributed by atoms with Crippen LogP contribution in [-0.2, 0) is 4.79 Å². The Bertz CT molecular complexity index is 581. The molecular formula is C15H14ClNO2.